The van der Waals surface area contributed by atoms with Crippen LogP contribution in [0.3, 0.4) is 0 Å². The predicted octanol–water partition coefficient (Wildman–Crippen LogP) is 5.30. The topological polar surface area (TPSA) is 49.4 Å². The number of halogens is 2. The normalized spacial score (nSPS) is 12.3. The molecule has 0 aliphatic carbocycles. The fourth-order valence-corrected chi connectivity index (χ4v) is 3.75. The van der Waals surface area contributed by atoms with Crippen LogP contribution >= 0.6 is 23.2 Å². The minimum absolute atomic E-state index is 0.115. The molecule has 2 aromatic carbocycles. The van der Waals surface area contributed by atoms with Crippen molar-refractivity contribution in [3.05, 3.63) is 69.7 Å². The second kappa shape index (κ2) is 10.8. The van der Waals surface area contributed by atoms with Gasteiger partial charge in [-0.2, -0.15) is 0 Å². The van der Waals surface area contributed by atoms with Crippen molar-refractivity contribution in [2.45, 2.75) is 58.5 Å². The standard InChI is InChI=1S/C24H30Cl2N2O2/c1-5-21(23(30)27-24(2,3)4)28(14-13-17-9-7-6-8-10-17)22(29)15-18-11-12-19(25)16-20(18)26/h6-12,16,21H,5,13-15H2,1-4H3,(H,27,30)/t21-/m1/s1. The number of amides is 2. The number of nitrogens with zero attached hydrogens (tertiary/aromatic N) is 1. The van der Waals surface area contributed by atoms with Crippen molar-refractivity contribution in [1.29, 1.82) is 0 Å². The Labute approximate surface area is 189 Å². The maximum absolute atomic E-state index is 13.3. The van der Waals surface area contributed by atoms with E-state index in [4.69, 9.17) is 23.2 Å². The van der Waals surface area contributed by atoms with Gasteiger partial charge >= 0.3 is 0 Å². The van der Waals surface area contributed by atoms with Gasteiger partial charge in [0.15, 0.2) is 0 Å². The van der Waals surface area contributed by atoms with Crippen LogP contribution in [0.25, 0.3) is 0 Å². The van der Waals surface area contributed by atoms with Gasteiger partial charge in [0.1, 0.15) is 6.04 Å². The van der Waals surface area contributed by atoms with Crippen LogP contribution in [-0.4, -0.2) is 34.8 Å². The SMILES string of the molecule is CC[C@H](C(=O)NC(C)(C)C)N(CCc1ccccc1)C(=O)Cc1ccc(Cl)cc1Cl. The number of hydrogen-bond acceptors (Lipinski definition) is 2. The van der Waals surface area contributed by atoms with E-state index in [0.29, 0.717) is 35.0 Å². The molecule has 0 bridgehead atoms. The van der Waals surface area contributed by atoms with Crippen molar-refractivity contribution in [3.8, 4) is 0 Å². The van der Waals surface area contributed by atoms with Crippen molar-refractivity contribution in [3.63, 3.8) is 0 Å². The van der Waals surface area contributed by atoms with Crippen LogP contribution < -0.4 is 5.32 Å². The lowest BCUT2D eigenvalue weighted by Gasteiger charge is -2.33. The highest BCUT2D eigenvalue weighted by Gasteiger charge is 2.30. The lowest BCUT2D eigenvalue weighted by atomic mass is 10.0. The second-order valence-electron chi connectivity index (χ2n) is 8.40. The molecular formula is C24H30Cl2N2O2. The molecule has 0 aliphatic rings. The smallest absolute Gasteiger partial charge is 0.243 e. The summed E-state index contributed by atoms with van der Waals surface area (Å²) in [6, 6.07) is 14.5. The second-order valence-corrected chi connectivity index (χ2v) is 9.24. The van der Waals surface area contributed by atoms with Gasteiger partial charge in [-0.05, 0) is 56.9 Å². The zero-order valence-corrected chi connectivity index (χ0v) is 19.6. The number of carbonyl (C=O) groups excluding carboxylic acids is 2. The molecule has 162 valence electrons. The molecule has 0 saturated heterocycles. The Hall–Kier alpha value is -2.04. The van der Waals surface area contributed by atoms with Crippen molar-refractivity contribution in [1.82, 2.24) is 10.2 Å². The summed E-state index contributed by atoms with van der Waals surface area (Å²) in [5.74, 6) is -0.278. The van der Waals surface area contributed by atoms with E-state index < -0.39 is 6.04 Å². The molecule has 4 nitrogen and oxygen atoms in total. The van der Waals surface area contributed by atoms with Gasteiger partial charge in [-0.3, -0.25) is 9.59 Å². The zero-order chi connectivity index (χ0) is 22.3. The molecule has 0 heterocycles. The third-order valence-electron chi connectivity index (χ3n) is 4.73. The fraction of sp³-hybridized carbons (Fsp3) is 0.417. The molecule has 0 unspecified atom stereocenters. The molecule has 0 radical (unpaired) electrons. The first-order valence-corrected chi connectivity index (χ1v) is 11.0. The molecule has 1 N–H and O–H groups in total. The summed E-state index contributed by atoms with van der Waals surface area (Å²) < 4.78 is 0. The molecular weight excluding hydrogens is 419 g/mol. The van der Waals surface area contributed by atoms with Crippen molar-refractivity contribution in [2.24, 2.45) is 0 Å². The van der Waals surface area contributed by atoms with E-state index in [2.05, 4.69) is 5.32 Å². The molecule has 0 aliphatic heterocycles. The summed E-state index contributed by atoms with van der Waals surface area (Å²) in [4.78, 5) is 27.9. The van der Waals surface area contributed by atoms with E-state index in [1.54, 1.807) is 23.1 Å². The minimum Gasteiger partial charge on any atom is -0.350 e. The molecule has 2 amide bonds. The first-order valence-electron chi connectivity index (χ1n) is 10.2. The summed E-state index contributed by atoms with van der Waals surface area (Å²) >= 11 is 12.3. The first-order chi connectivity index (χ1) is 14.1. The largest absolute Gasteiger partial charge is 0.350 e. The molecule has 0 fully saturated rings. The van der Waals surface area contributed by atoms with Crippen LogP contribution in [0.4, 0.5) is 0 Å². The van der Waals surface area contributed by atoms with Crippen LogP contribution in [-0.2, 0) is 22.4 Å². The van der Waals surface area contributed by atoms with E-state index in [0.717, 1.165) is 5.56 Å². The van der Waals surface area contributed by atoms with E-state index in [9.17, 15) is 9.59 Å². The lowest BCUT2D eigenvalue weighted by molar-refractivity contribution is -0.140. The molecule has 6 heteroatoms. The quantitative estimate of drug-likeness (QED) is 0.595. The summed E-state index contributed by atoms with van der Waals surface area (Å²) in [7, 11) is 0. The van der Waals surface area contributed by atoms with Crippen LogP contribution in [0.2, 0.25) is 10.0 Å². The highest BCUT2D eigenvalue weighted by Crippen LogP contribution is 2.22. The highest BCUT2D eigenvalue weighted by molar-refractivity contribution is 6.35. The highest BCUT2D eigenvalue weighted by atomic mass is 35.5. The minimum atomic E-state index is -0.550. The van der Waals surface area contributed by atoms with Crippen LogP contribution in [0.5, 0.6) is 0 Å². The average Bonchev–Trinajstić information content (AvgIpc) is 2.66. The van der Waals surface area contributed by atoms with Gasteiger partial charge in [-0.25, -0.2) is 0 Å². The Kier molecular flexibility index (Phi) is 8.75. The zero-order valence-electron chi connectivity index (χ0n) is 18.0. The molecule has 2 rings (SSSR count). The third kappa shape index (κ3) is 7.33. The van der Waals surface area contributed by atoms with E-state index in [1.807, 2.05) is 58.0 Å². The molecule has 0 spiro atoms. The maximum atomic E-state index is 13.3. The van der Waals surface area contributed by atoms with Gasteiger partial charge in [0.25, 0.3) is 0 Å². The Morgan fingerprint density at radius 2 is 1.73 bits per heavy atom. The van der Waals surface area contributed by atoms with Gasteiger partial charge in [0, 0.05) is 22.1 Å². The molecule has 1 atom stereocenters. The average molecular weight is 449 g/mol. The number of hydrogen-bond donors (Lipinski definition) is 1. The molecule has 0 aromatic heterocycles. The van der Waals surface area contributed by atoms with Gasteiger partial charge in [0.2, 0.25) is 11.8 Å². The van der Waals surface area contributed by atoms with E-state index >= 15 is 0 Å². The summed E-state index contributed by atoms with van der Waals surface area (Å²) in [6.07, 6.45) is 1.31. The van der Waals surface area contributed by atoms with Crippen molar-refractivity contribution in [2.75, 3.05) is 6.54 Å². The van der Waals surface area contributed by atoms with Gasteiger partial charge in [-0.15, -0.1) is 0 Å². The Morgan fingerprint density at radius 1 is 1.07 bits per heavy atom. The summed E-state index contributed by atoms with van der Waals surface area (Å²) in [5.41, 5.74) is 1.44. The van der Waals surface area contributed by atoms with E-state index in [1.165, 1.54) is 0 Å². The van der Waals surface area contributed by atoms with Gasteiger partial charge in [0.05, 0.1) is 6.42 Å². The summed E-state index contributed by atoms with van der Waals surface area (Å²) in [5, 5.41) is 3.98. The number of benzene rings is 2. The number of rotatable bonds is 8. The predicted molar refractivity (Wildman–Crippen MR) is 124 cm³/mol. The third-order valence-corrected chi connectivity index (χ3v) is 5.31. The van der Waals surface area contributed by atoms with Gasteiger partial charge in [-0.1, -0.05) is 66.5 Å². The van der Waals surface area contributed by atoms with Crippen LogP contribution in [0.15, 0.2) is 48.5 Å². The maximum Gasteiger partial charge on any atom is 0.243 e. The van der Waals surface area contributed by atoms with Crippen molar-refractivity contribution < 1.29 is 9.59 Å². The molecule has 2 aromatic rings. The first kappa shape index (κ1) is 24.2. The number of nitrogens with one attached hydrogen (secondary N) is 1. The van der Waals surface area contributed by atoms with E-state index in [-0.39, 0.29) is 23.8 Å². The number of carbonyl (C=O) groups is 2. The Balaban J connectivity index is 2.25. The molecule has 0 saturated carbocycles. The lowest BCUT2D eigenvalue weighted by Crippen LogP contribution is -2.54. The Bertz CT molecular complexity index is 863. The van der Waals surface area contributed by atoms with Crippen LogP contribution in [0.1, 0.15) is 45.2 Å². The fourth-order valence-electron chi connectivity index (χ4n) is 3.28. The Morgan fingerprint density at radius 3 is 2.30 bits per heavy atom. The summed E-state index contributed by atoms with van der Waals surface area (Å²) in [6.45, 7) is 8.17. The van der Waals surface area contributed by atoms with Crippen LogP contribution in [0, 0.1) is 0 Å². The molecule has 30 heavy (non-hydrogen) atoms. The van der Waals surface area contributed by atoms with Gasteiger partial charge < -0.3 is 10.2 Å². The monoisotopic (exact) mass is 448 g/mol. The van der Waals surface area contributed by atoms with Crippen molar-refractivity contribution >= 4 is 35.0 Å².